The van der Waals surface area contributed by atoms with Crippen molar-refractivity contribution in [2.45, 2.75) is 38.5 Å². The summed E-state index contributed by atoms with van der Waals surface area (Å²) < 4.78 is 0. The van der Waals surface area contributed by atoms with E-state index >= 15 is 0 Å². The van der Waals surface area contributed by atoms with Gasteiger partial charge in [0.1, 0.15) is 0 Å². The normalized spacial score (nSPS) is 16.2. The van der Waals surface area contributed by atoms with Crippen LogP contribution in [0.3, 0.4) is 0 Å². The topological polar surface area (TPSA) is 0 Å². The van der Waals surface area contributed by atoms with E-state index in [-0.39, 0.29) is 0 Å². The molecule has 0 spiro atoms. The Morgan fingerprint density at radius 3 is 3.00 bits per heavy atom. The fraction of sp³-hybridized carbons (Fsp3) is 0.636. The number of alkyl halides is 1. The van der Waals surface area contributed by atoms with Crippen molar-refractivity contribution < 1.29 is 0 Å². The van der Waals surface area contributed by atoms with Gasteiger partial charge in [0.05, 0.1) is 0 Å². The predicted molar refractivity (Wildman–Crippen MR) is 57.4 cm³/mol. The van der Waals surface area contributed by atoms with Crippen LogP contribution in [0.5, 0.6) is 0 Å². The fourth-order valence-electron chi connectivity index (χ4n) is 1.28. The maximum Gasteiger partial charge on any atom is 0.0100 e. The lowest BCUT2D eigenvalue weighted by molar-refractivity contribution is 0.715. The summed E-state index contributed by atoms with van der Waals surface area (Å²) in [6, 6.07) is 0. The number of halogens is 1. The van der Waals surface area contributed by atoms with Gasteiger partial charge in [-0.1, -0.05) is 33.8 Å². The molecule has 0 radical (unpaired) electrons. The molecule has 0 saturated carbocycles. The predicted octanol–water partition coefficient (Wildman–Crippen LogP) is 3.67. The maximum absolute atomic E-state index is 3.39. The van der Waals surface area contributed by atoms with Crippen molar-refractivity contribution in [2.75, 3.05) is 5.33 Å². The first kappa shape index (κ1) is 9.86. The van der Waals surface area contributed by atoms with E-state index in [9.17, 15) is 0 Å². The van der Waals surface area contributed by atoms with Gasteiger partial charge in [-0.3, -0.25) is 0 Å². The lowest BCUT2D eigenvalue weighted by Gasteiger charge is -2.05. The smallest absolute Gasteiger partial charge is 0.0100 e. The first-order chi connectivity index (χ1) is 5.93. The highest BCUT2D eigenvalue weighted by Crippen LogP contribution is 2.16. The number of rotatable bonds is 2. The van der Waals surface area contributed by atoms with Crippen molar-refractivity contribution in [3.63, 3.8) is 0 Å². The third-order valence-corrected chi connectivity index (χ3v) is 2.54. The molecule has 1 heteroatoms. The van der Waals surface area contributed by atoms with Crippen molar-refractivity contribution in [1.82, 2.24) is 0 Å². The Morgan fingerprint density at radius 1 is 1.42 bits per heavy atom. The highest BCUT2D eigenvalue weighted by molar-refractivity contribution is 9.09. The molecule has 12 heavy (non-hydrogen) atoms. The summed E-state index contributed by atoms with van der Waals surface area (Å²) in [7, 11) is 0. The van der Waals surface area contributed by atoms with E-state index in [1.165, 1.54) is 37.7 Å². The van der Waals surface area contributed by atoms with E-state index in [1.54, 1.807) is 0 Å². The van der Waals surface area contributed by atoms with E-state index in [1.807, 2.05) is 0 Å². The Hall–Kier alpha value is -0.220. The van der Waals surface area contributed by atoms with Gasteiger partial charge in [0.25, 0.3) is 0 Å². The largest absolute Gasteiger partial charge is 0.0982 e. The molecule has 0 heterocycles. The molecular weight excluding hydrogens is 212 g/mol. The molecule has 0 saturated heterocycles. The van der Waals surface area contributed by atoms with E-state index in [0.29, 0.717) is 0 Å². The van der Waals surface area contributed by atoms with Crippen LogP contribution in [0.25, 0.3) is 0 Å². The van der Waals surface area contributed by atoms with Crippen molar-refractivity contribution in [1.29, 1.82) is 0 Å². The zero-order valence-electron chi connectivity index (χ0n) is 7.41. The Labute approximate surface area is 83.6 Å². The fourth-order valence-corrected chi connectivity index (χ4v) is 1.56. The lowest BCUT2D eigenvalue weighted by atomic mass is 10.00. The summed E-state index contributed by atoms with van der Waals surface area (Å²) in [5, 5.41) is 1.07. The number of hydrogen-bond donors (Lipinski definition) is 0. The van der Waals surface area contributed by atoms with Crippen LogP contribution in [-0.2, 0) is 0 Å². The van der Waals surface area contributed by atoms with Gasteiger partial charge >= 0.3 is 0 Å². The Balaban J connectivity index is 2.26. The molecule has 0 fully saturated rings. The van der Waals surface area contributed by atoms with Gasteiger partial charge in [0.15, 0.2) is 0 Å². The summed E-state index contributed by atoms with van der Waals surface area (Å²) in [6.45, 7) is 0. The number of hydrogen-bond acceptors (Lipinski definition) is 0. The van der Waals surface area contributed by atoms with E-state index in [0.717, 1.165) is 11.8 Å². The third-order valence-electron chi connectivity index (χ3n) is 1.98. The summed E-state index contributed by atoms with van der Waals surface area (Å²) >= 11 is 3.39. The molecular formula is C11H15Br. The molecule has 0 atom stereocenters. The molecule has 0 aromatic rings. The summed E-state index contributed by atoms with van der Waals surface area (Å²) in [4.78, 5) is 0. The number of allylic oxidation sites excluding steroid dienone is 2. The highest BCUT2D eigenvalue weighted by Gasteiger charge is 1.98. The van der Waals surface area contributed by atoms with Crippen LogP contribution in [0.4, 0.5) is 0 Å². The van der Waals surface area contributed by atoms with Gasteiger partial charge in [-0.05, 0) is 37.7 Å². The van der Waals surface area contributed by atoms with E-state index in [2.05, 4.69) is 33.8 Å². The quantitative estimate of drug-likeness (QED) is 0.383. The molecule has 0 nitrogen and oxygen atoms in total. The highest BCUT2D eigenvalue weighted by atomic mass is 79.9. The minimum atomic E-state index is 1.03. The Kier molecular flexibility index (Phi) is 5.19. The van der Waals surface area contributed by atoms with Crippen molar-refractivity contribution in [3.8, 4) is 11.8 Å². The molecule has 0 N–H and O–H groups in total. The SMILES string of the molecule is BrCCCC#CC1=CCCCC1. The van der Waals surface area contributed by atoms with Gasteiger partial charge in [-0.15, -0.1) is 0 Å². The van der Waals surface area contributed by atoms with E-state index < -0.39 is 0 Å². The van der Waals surface area contributed by atoms with Crippen LogP contribution in [-0.4, -0.2) is 5.33 Å². The summed E-state index contributed by atoms with van der Waals surface area (Å²) in [5.74, 6) is 6.45. The first-order valence-electron chi connectivity index (χ1n) is 4.67. The molecule has 1 aliphatic carbocycles. The molecule has 0 bridgehead atoms. The minimum absolute atomic E-state index is 1.03. The second kappa shape index (κ2) is 6.31. The molecule has 0 aromatic heterocycles. The van der Waals surface area contributed by atoms with Crippen LogP contribution < -0.4 is 0 Å². The molecule has 0 aromatic carbocycles. The second-order valence-corrected chi connectivity index (χ2v) is 3.86. The Bertz CT molecular complexity index is 205. The molecule has 1 aliphatic rings. The van der Waals surface area contributed by atoms with Gasteiger partial charge < -0.3 is 0 Å². The van der Waals surface area contributed by atoms with Crippen LogP contribution in [0.15, 0.2) is 11.6 Å². The van der Waals surface area contributed by atoms with Crippen LogP contribution in [0, 0.1) is 11.8 Å². The van der Waals surface area contributed by atoms with E-state index in [4.69, 9.17) is 0 Å². The van der Waals surface area contributed by atoms with Gasteiger partial charge in [0.2, 0.25) is 0 Å². The third kappa shape index (κ3) is 3.97. The minimum Gasteiger partial charge on any atom is -0.0982 e. The van der Waals surface area contributed by atoms with Crippen molar-refractivity contribution >= 4 is 15.9 Å². The average Bonchev–Trinajstić information content (AvgIpc) is 2.14. The standard InChI is InChI=1S/C11H15Br/c12-10-6-2-5-9-11-7-3-1-4-8-11/h7H,1-4,6,8,10H2. The lowest BCUT2D eigenvalue weighted by Crippen LogP contribution is -1.88. The number of unbranched alkanes of at least 4 members (excludes halogenated alkanes) is 1. The zero-order valence-corrected chi connectivity index (χ0v) is 8.99. The Morgan fingerprint density at radius 2 is 2.33 bits per heavy atom. The van der Waals surface area contributed by atoms with Crippen LogP contribution in [0.1, 0.15) is 38.5 Å². The summed E-state index contributed by atoms with van der Waals surface area (Å²) in [5.41, 5.74) is 1.37. The molecule has 0 unspecified atom stereocenters. The van der Waals surface area contributed by atoms with Crippen molar-refractivity contribution in [3.05, 3.63) is 11.6 Å². The monoisotopic (exact) mass is 226 g/mol. The maximum atomic E-state index is 3.39. The molecule has 66 valence electrons. The first-order valence-corrected chi connectivity index (χ1v) is 5.79. The summed E-state index contributed by atoms with van der Waals surface area (Å²) in [6.07, 6.45) is 9.63. The second-order valence-electron chi connectivity index (χ2n) is 3.07. The molecule has 0 amide bonds. The molecule has 0 aliphatic heterocycles. The average molecular weight is 227 g/mol. The molecule has 1 rings (SSSR count). The zero-order chi connectivity index (χ0) is 8.65. The van der Waals surface area contributed by atoms with Crippen molar-refractivity contribution in [2.24, 2.45) is 0 Å². The van der Waals surface area contributed by atoms with Crippen LogP contribution >= 0.6 is 15.9 Å². The van der Waals surface area contributed by atoms with Gasteiger partial charge in [-0.2, -0.15) is 0 Å². The van der Waals surface area contributed by atoms with Gasteiger partial charge in [0, 0.05) is 11.8 Å². The van der Waals surface area contributed by atoms with Gasteiger partial charge in [-0.25, -0.2) is 0 Å². The van der Waals surface area contributed by atoms with Crippen LogP contribution in [0.2, 0.25) is 0 Å².